The minimum Gasteiger partial charge on any atom is -0.352 e. The van der Waals surface area contributed by atoms with E-state index in [-0.39, 0.29) is 28.9 Å². The van der Waals surface area contributed by atoms with Crippen molar-refractivity contribution in [3.05, 3.63) is 35.9 Å². The van der Waals surface area contributed by atoms with Gasteiger partial charge in [0.2, 0.25) is 5.91 Å². The lowest BCUT2D eigenvalue weighted by molar-refractivity contribution is -0.123. The maximum absolute atomic E-state index is 12.6. The molecule has 0 aliphatic carbocycles. The number of benzene rings is 1. The Morgan fingerprint density at radius 1 is 1.24 bits per heavy atom. The lowest BCUT2D eigenvalue weighted by atomic mass is 9.98. The van der Waals surface area contributed by atoms with Crippen LogP contribution in [0.1, 0.15) is 32.3 Å². The Morgan fingerprint density at radius 3 is 2.52 bits per heavy atom. The van der Waals surface area contributed by atoms with Crippen LogP contribution < -0.4 is 16.2 Å². The first-order valence-electron chi connectivity index (χ1n) is 9.26. The second-order valence-corrected chi connectivity index (χ2v) is 8.58. The van der Waals surface area contributed by atoms with Crippen molar-refractivity contribution in [3.63, 3.8) is 0 Å². The van der Waals surface area contributed by atoms with Crippen LogP contribution >= 0.6 is 15.9 Å². The molecule has 2 aliphatic heterocycles. The van der Waals surface area contributed by atoms with Crippen molar-refractivity contribution in [1.29, 1.82) is 0 Å². The Kier molecular flexibility index (Phi) is 6.49. The molecule has 1 amide bonds. The molecule has 5 nitrogen and oxygen atoms in total. The molecule has 3 rings (SSSR count). The molecular weight excluding hydrogens is 380 g/mol. The summed E-state index contributed by atoms with van der Waals surface area (Å²) in [6.45, 7) is 7.38. The summed E-state index contributed by atoms with van der Waals surface area (Å²) in [6.07, 6.45) is 2.03. The highest BCUT2D eigenvalue weighted by Crippen LogP contribution is 2.22. The highest BCUT2D eigenvalue weighted by atomic mass is 79.9. The zero-order chi connectivity index (χ0) is 17.8. The molecule has 138 valence electrons. The average Bonchev–Trinajstić information content (AvgIpc) is 2.99. The topological polar surface area (TPSA) is 56.4 Å². The van der Waals surface area contributed by atoms with E-state index < -0.39 is 0 Å². The van der Waals surface area contributed by atoms with Gasteiger partial charge >= 0.3 is 0 Å². The van der Waals surface area contributed by atoms with E-state index in [1.807, 2.05) is 0 Å². The molecule has 1 aromatic rings. The normalized spacial score (nSPS) is 28.4. The van der Waals surface area contributed by atoms with E-state index in [0.29, 0.717) is 5.92 Å². The Hall–Kier alpha value is -0.950. The summed E-state index contributed by atoms with van der Waals surface area (Å²) in [7, 11) is 0. The van der Waals surface area contributed by atoms with Crippen LogP contribution in [0.25, 0.3) is 0 Å². The van der Waals surface area contributed by atoms with Gasteiger partial charge in [-0.05, 0) is 24.3 Å². The number of piperidine rings is 1. The molecule has 2 saturated heterocycles. The number of hydrogen-bond donors (Lipinski definition) is 3. The molecule has 25 heavy (non-hydrogen) atoms. The molecule has 3 N–H and O–H groups in total. The van der Waals surface area contributed by atoms with E-state index in [0.717, 1.165) is 32.5 Å². The van der Waals surface area contributed by atoms with Crippen molar-refractivity contribution in [2.24, 2.45) is 5.92 Å². The van der Waals surface area contributed by atoms with Gasteiger partial charge in [-0.2, -0.15) is 0 Å². The Bertz CT molecular complexity index is 560. The molecule has 2 fully saturated rings. The lowest BCUT2D eigenvalue weighted by Crippen LogP contribution is -2.52. The van der Waals surface area contributed by atoms with E-state index in [2.05, 4.69) is 81.2 Å². The van der Waals surface area contributed by atoms with E-state index in [1.165, 1.54) is 5.56 Å². The van der Waals surface area contributed by atoms with Crippen molar-refractivity contribution < 1.29 is 4.79 Å². The fraction of sp³-hybridized carbons (Fsp3) is 0.632. The van der Waals surface area contributed by atoms with E-state index in [1.54, 1.807) is 0 Å². The van der Waals surface area contributed by atoms with Crippen LogP contribution in [0.4, 0.5) is 0 Å². The monoisotopic (exact) mass is 408 g/mol. The summed E-state index contributed by atoms with van der Waals surface area (Å²) < 4.78 is 0. The minimum atomic E-state index is -0.213. The molecule has 0 saturated carbocycles. The van der Waals surface area contributed by atoms with Gasteiger partial charge in [0, 0.05) is 31.7 Å². The van der Waals surface area contributed by atoms with Crippen LogP contribution in [-0.4, -0.2) is 46.8 Å². The van der Waals surface area contributed by atoms with Crippen molar-refractivity contribution in [2.45, 2.75) is 56.2 Å². The average molecular weight is 409 g/mol. The molecule has 3 atom stereocenters. The molecule has 0 radical (unpaired) electrons. The quantitative estimate of drug-likeness (QED) is 0.652. The standard InChI is InChI=1S/C19H29BrN4O/c1-13(2)17-16(20)18(23-22-17)19(25)21-15-8-10-24(11-9-15)12-14-6-4-3-5-7-14/h3-7,13,15-18,22-23H,8-12H2,1-2H3,(H,21,25). The van der Waals surface area contributed by atoms with Gasteiger partial charge in [0.05, 0.1) is 4.83 Å². The number of hydrazine groups is 1. The highest BCUT2D eigenvalue weighted by molar-refractivity contribution is 9.09. The maximum atomic E-state index is 12.6. The molecular formula is C19H29BrN4O. The number of carbonyl (C=O) groups excluding carboxylic acids is 1. The first-order valence-corrected chi connectivity index (χ1v) is 10.2. The third kappa shape index (κ3) is 4.82. The summed E-state index contributed by atoms with van der Waals surface area (Å²) in [5.41, 5.74) is 7.75. The third-order valence-electron chi connectivity index (χ3n) is 5.25. The maximum Gasteiger partial charge on any atom is 0.239 e. The van der Waals surface area contributed by atoms with E-state index >= 15 is 0 Å². The predicted octanol–water partition coefficient (Wildman–Crippen LogP) is 2.03. The molecule has 0 spiro atoms. The third-order valence-corrected chi connectivity index (χ3v) is 6.35. The van der Waals surface area contributed by atoms with Crippen molar-refractivity contribution in [2.75, 3.05) is 13.1 Å². The molecule has 0 bridgehead atoms. The SMILES string of the molecule is CC(C)C1NNC(C(=O)NC2CCN(Cc3ccccc3)CC2)C1Br. The molecule has 2 heterocycles. The smallest absolute Gasteiger partial charge is 0.239 e. The second kappa shape index (κ2) is 8.62. The number of nitrogens with zero attached hydrogens (tertiary/aromatic N) is 1. The number of hydrogen-bond acceptors (Lipinski definition) is 4. The number of alkyl halides is 1. The van der Waals surface area contributed by atoms with Gasteiger partial charge in [0.1, 0.15) is 6.04 Å². The van der Waals surface area contributed by atoms with Crippen LogP contribution in [-0.2, 0) is 11.3 Å². The minimum absolute atomic E-state index is 0.0963. The summed E-state index contributed by atoms with van der Waals surface area (Å²) in [4.78, 5) is 15.2. The number of amides is 1. The van der Waals surface area contributed by atoms with Gasteiger partial charge in [-0.1, -0.05) is 60.1 Å². The van der Waals surface area contributed by atoms with Gasteiger partial charge in [-0.3, -0.25) is 15.1 Å². The van der Waals surface area contributed by atoms with Gasteiger partial charge in [-0.25, -0.2) is 5.43 Å². The van der Waals surface area contributed by atoms with Crippen molar-refractivity contribution >= 4 is 21.8 Å². The van der Waals surface area contributed by atoms with Crippen LogP contribution in [0.3, 0.4) is 0 Å². The number of carbonyl (C=O) groups is 1. The van der Waals surface area contributed by atoms with Crippen LogP contribution in [0, 0.1) is 5.92 Å². The van der Waals surface area contributed by atoms with Gasteiger partial charge in [0.15, 0.2) is 0 Å². The zero-order valence-electron chi connectivity index (χ0n) is 15.0. The van der Waals surface area contributed by atoms with Gasteiger partial charge < -0.3 is 5.32 Å². The summed E-state index contributed by atoms with van der Waals surface area (Å²) >= 11 is 3.69. The van der Waals surface area contributed by atoms with Crippen LogP contribution in [0.15, 0.2) is 30.3 Å². The molecule has 6 heteroatoms. The van der Waals surface area contributed by atoms with E-state index in [9.17, 15) is 4.79 Å². The number of halogens is 1. The number of likely N-dealkylation sites (tertiary alicyclic amines) is 1. The lowest BCUT2D eigenvalue weighted by Gasteiger charge is -2.33. The predicted molar refractivity (Wildman–Crippen MR) is 104 cm³/mol. The van der Waals surface area contributed by atoms with Crippen molar-refractivity contribution in [3.8, 4) is 0 Å². The molecule has 0 aromatic heterocycles. The first-order chi connectivity index (χ1) is 12.0. The number of rotatable bonds is 5. The summed E-state index contributed by atoms with van der Waals surface area (Å²) in [5, 5.41) is 3.24. The van der Waals surface area contributed by atoms with Gasteiger partial charge in [0.25, 0.3) is 0 Å². The molecule has 2 aliphatic rings. The molecule has 1 aromatic carbocycles. The Balaban J connectivity index is 1.44. The molecule has 3 unspecified atom stereocenters. The first kappa shape index (κ1) is 18.8. The zero-order valence-corrected chi connectivity index (χ0v) is 16.6. The van der Waals surface area contributed by atoms with Crippen LogP contribution in [0.2, 0.25) is 0 Å². The van der Waals surface area contributed by atoms with Crippen molar-refractivity contribution in [1.82, 2.24) is 21.1 Å². The van der Waals surface area contributed by atoms with Gasteiger partial charge in [-0.15, -0.1) is 0 Å². The highest BCUT2D eigenvalue weighted by Gasteiger charge is 2.40. The fourth-order valence-corrected chi connectivity index (χ4v) is 4.78. The fourth-order valence-electron chi connectivity index (χ4n) is 3.67. The Morgan fingerprint density at radius 2 is 1.92 bits per heavy atom. The van der Waals surface area contributed by atoms with Crippen LogP contribution in [0.5, 0.6) is 0 Å². The largest absolute Gasteiger partial charge is 0.352 e. The second-order valence-electron chi connectivity index (χ2n) is 7.53. The van der Waals surface area contributed by atoms with E-state index in [4.69, 9.17) is 0 Å². The summed E-state index contributed by atoms with van der Waals surface area (Å²) in [5.74, 6) is 0.565. The number of nitrogens with one attached hydrogen (secondary N) is 3. The Labute approximate surface area is 159 Å². The summed E-state index contributed by atoms with van der Waals surface area (Å²) in [6, 6.07) is 10.9.